The number of hydrogen-bond donors (Lipinski definition) is 4. The highest BCUT2D eigenvalue weighted by atomic mass is 16.3. The maximum Gasteiger partial charge on any atom is 0.235 e. The molecule has 0 spiro atoms. The van der Waals surface area contributed by atoms with E-state index in [1.165, 1.54) is 6.07 Å². The number of ketones is 4. The van der Waals surface area contributed by atoms with Gasteiger partial charge >= 0.3 is 0 Å². The van der Waals surface area contributed by atoms with Crippen LogP contribution in [-0.4, -0.2) is 51.4 Å². The molecule has 5 N–H and O–H groups in total. The van der Waals surface area contributed by atoms with E-state index in [2.05, 4.69) is 30.4 Å². The van der Waals surface area contributed by atoms with Gasteiger partial charge in [-0.2, -0.15) is 0 Å². The Labute approximate surface area is 251 Å². The molecule has 6 atom stereocenters. The number of primary amides is 1. The number of aryl methyl sites for hydroxylation is 1. The molecule has 2 fully saturated rings. The van der Waals surface area contributed by atoms with E-state index in [-0.39, 0.29) is 24.2 Å². The maximum absolute atomic E-state index is 14.1. The number of nitrogens with one attached hydrogen (secondary N) is 1. The largest absolute Gasteiger partial charge is 0.507 e. The first-order chi connectivity index (χ1) is 20.4. The van der Waals surface area contributed by atoms with Crippen molar-refractivity contribution < 1.29 is 34.2 Å². The lowest BCUT2D eigenvalue weighted by molar-refractivity contribution is -0.182. The van der Waals surface area contributed by atoms with Gasteiger partial charge in [0.15, 0.2) is 34.7 Å². The van der Waals surface area contributed by atoms with Gasteiger partial charge in [0.25, 0.3) is 0 Å². The summed E-state index contributed by atoms with van der Waals surface area (Å²) in [6, 6.07) is 9.47. The van der Waals surface area contributed by atoms with Crippen molar-refractivity contribution in [2.24, 2.45) is 41.2 Å². The van der Waals surface area contributed by atoms with E-state index in [1.54, 1.807) is 19.9 Å². The Bertz CT molecular complexity index is 1530. The first-order valence-corrected chi connectivity index (χ1v) is 15.2. The summed E-state index contributed by atoms with van der Waals surface area (Å²) in [7, 11) is 0. The first kappa shape index (κ1) is 30.8. The van der Waals surface area contributed by atoms with E-state index < -0.39 is 70.1 Å². The quantitative estimate of drug-likeness (QED) is 0.270. The molecule has 0 aromatic heterocycles. The fourth-order valence-corrected chi connectivity index (χ4v) is 7.81. The third kappa shape index (κ3) is 4.73. The van der Waals surface area contributed by atoms with Crippen LogP contribution in [0.25, 0.3) is 11.1 Å². The van der Waals surface area contributed by atoms with Gasteiger partial charge < -0.3 is 21.3 Å². The van der Waals surface area contributed by atoms with Gasteiger partial charge in [-0.3, -0.25) is 24.0 Å². The molecule has 0 saturated heterocycles. The van der Waals surface area contributed by atoms with Crippen LogP contribution in [0.5, 0.6) is 5.75 Å². The average Bonchev–Trinajstić information content (AvgIpc) is 2.95. The van der Waals surface area contributed by atoms with Crippen LogP contribution >= 0.6 is 0 Å². The van der Waals surface area contributed by atoms with Gasteiger partial charge in [0.05, 0.1) is 11.5 Å². The zero-order chi connectivity index (χ0) is 31.4. The Balaban J connectivity index is 1.63. The lowest BCUT2D eigenvalue weighted by Crippen LogP contribution is -2.71. The number of Topliss-reactive ketones (excluding diaryl/α,β-unsaturated/α-hetero) is 4. The zero-order valence-corrected chi connectivity index (χ0v) is 25.1. The van der Waals surface area contributed by atoms with Crippen molar-refractivity contribution in [3.05, 3.63) is 52.6 Å². The smallest absolute Gasteiger partial charge is 0.235 e. The first-order valence-electron chi connectivity index (χ1n) is 15.2. The van der Waals surface area contributed by atoms with Crippen molar-refractivity contribution in [3.8, 4) is 16.9 Å². The SMILES string of the molecule is CCCNCc1ccc(CC)c(-c2ccc(O)c3c2C[C@H]2C[C@H]4[C@H](C(C)C)C(=O)C(C(N)=O)C(=O)[C@@]4(O)C(=O)C2C3=O)c1. The number of carbonyl (C=O) groups is 5. The van der Waals surface area contributed by atoms with E-state index in [4.69, 9.17) is 5.73 Å². The summed E-state index contributed by atoms with van der Waals surface area (Å²) in [5.74, 6) is -11.5. The number of amides is 1. The molecule has 3 aliphatic carbocycles. The van der Waals surface area contributed by atoms with E-state index in [0.717, 1.165) is 41.6 Å². The van der Waals surface area contributed by atoms with Crippen LogP contribution in [0.15, 0.2) is 30.3 Å². The lowest BCUT2D eigenvalue weighted by atomic mass is 9.49. The molecule has 228 valence electrons. The molecule has 0 bridgehead atoms. The molecule has 0 radical (unpaired) electrons. The summed E-state index contributed by atoms with van der Waals surface area (Å²) in [4.78, 5) is 67.2. The van der Waals surface area contributed by atoms with Crippen LogP contribution in [0, 0.1) is 35.5 Å². The molecule has 2 aromatic carbocycles. The highest BCUT2D eigenvalue weighted by Gasteiger charge is 2.69. The summed E-state index contributed by atoms with van der Waals surface area (Å²) in [5.41, 5.74) is 7.20. The molecular weight excluding hydrogens is 548 g/mol. The second-order valence-electron chi connectivity index (χ2n) is 12.7. The molecule has 9 heteroatoms. The minimum absolute atomic E-state index is 0.0110. The number of phenols is 1. The predicted molar refractivity (Wildman–Crippen MR) is 159 cm³/mol. The van der Waals surface area contributed by atoms with Crippen LogP contribution in [0.3, 0.4) is 0 Å². The van der Waals surface area contributed by atoms with E-state index in [9.17, 15) is 34.2 Å². The Morgan fingerprint density at radius 1 is 1.07 bits per heavy atom. The zero-order valence-electron chi connectivity index (χ0n) is 25.1. The second kappa shape index (κ2) is 11.4. The maximum atomic E-state index is 14.1. The summed E-state index contributed by atoms with van der Waals surface area (Å²) in [6.07, 6.45) is 2.04. The van der Waals surface area contributed by atoms with Crippen LogP contribution in [-0.2, 0) is 38.6 Å². The Hall–Kier alpha value is -3.69. The molecule has 3 aliphatic rings. The molecule has 2 saturated carbocycles. The van der Waals surface area contributed by atoms with E-state index in [0.29, 0.717) is 12.1 Å². The summed E-state index contributed by atoms with van der Waals surface area (Å²) >= 11 is 0. The summed E-state index contributed by atoms with van der Waals surface area (Å²) in [5, 5.41) is 26.1. The van der Waals surface area contributed by atoms with Crippen LogP contribution in [0.4, 0.5) is 0 Å². The average molecular weight is 589 g/mol. The Morgan fingerprint density at radius 2 is 1.79 bits per heavy atom. The molecule has 2 aromatic rings. The number of phenolic OH excluding ortho intramolecular Hbond substituents is 1. The van der Waals surface area contributed by atoms with Crippen molar-refractivity contribution in [1.29, 1.82) is 0 Å². The van der Waals surface area contributed by atoms with Crippen molar-refractivity contribution in [2.45, 2.75) is 65.5 Å². The molecule has 5 rings (SSSR count). The van der Waals surface area contributed by atoms with Crippen molar-refractivity contribution >= 4 is 29.0 Å². The molecule has 2 unspecified atom stereocenters. The number of aromatic hydroxyl groups is 1. The minimum Gasteiger partial charge on any atom is -0.507 e. The molecule has 43 heavy (non-hydrogen) atoms. The number of aliphatic hydroxyl groups is 1. The van der Waals surface area contributed by atoms with Gasteiger partial charge in [0.1, 0.15) is 5.75 Å². The van der Waals surface area contributed by atoms with Gasteiger partial charge in [0.2, 0.25) is 5.91 Å². The molecule has 9 nitrogen and oxygen atoms in total. The Kier molecular flexibility index (Phi) is 8.17. The van der Waals surface area contributed by atoms with Gasteiger partial charge in [-0.25, -0.2) is 0 Å². The monoisotopic (exact) mass is 588 g/mol. The summed E-state index contributed by atoms with van der Waals surface area (Å²) < 4.78 is 0. The van der Waals surface area contributed by atoms with Gasteiger partial charge in [-0.05, 0) is 84.0 Å². The number of hydrogen-bond acceptors (Lipinski definition) is 8. The third-order valence-electron chi connectivity index (χ3n) is 9.80. The predicted octanol–water partition coefficient (Wildman–Crippen LogP) is 2.94. The van der Waals surface area contributed by atoms with Crippen LogP contribution in [0.2, 0.25) is 0 Å². The molecule has 0 heterocycles. The highest BCUT2D eigenvalue weighted by Crippen LogP contribution is 2.53. The van der Waals surface area contributed by atoms with Crippen molar-refractivity contribution in [1.82, 2.24) is 5.32 Å². The standard InChI is InChI=1S/C34H40N2O7/c1-5-11-36-15-17-7-8-18(6-2)21(12-17)20-9-10-24(37)27-22(20)13-19-14-23-25(16(3)4)29(38)28(33(35)42)32(41)34(23,43)31(40)26(19)30(27)39/h7-10,12,16,19,23,25-26,28,36-37,43H,5-6,11,13-15H2,1-4H3,(H2,35,42)/t19-,23-,25-,26?,28?,34-/m0/s1. The van der Waals surface area contributed by atoms with Gasteiger partial charge in [-0.15, -0.1) is 0 Å². The number of benzene rings is 2. The fourth-order valence-electron chi connectivity index (χ4n) is 7.81. The normalized spacial score (nSPS) is 28.5. The van der Waals surface area contributed by atoms with Gasteiger partial charge in [0, 0.05) is 18.4 Å². The molecule has 1 amide bonds. The lowest BCUT2D eigenvalue weighted by Gasteiger charge is -2.52. The van der Waals surface area contributed by atoms with Gasteiger partial charge in [-0.1, -0.05) is 45.9 Å². The third-order valence-corrected chi connectivity index (χ3v) is 9.80. The topological polar surface area (TPSA) is 164 Å². The number of nitrogens with two attached hydrogens (primary N) is 1. The highest BCUT2D eigenvalue weighted by molar-refractivity contribution is 6.32. The Morgan fingerprint density at radius 3 is 2.42 bits per heavy atom. The molecular formula is C34H40N2O7. The van der Waals surface area contributed by atoms with Crippen molar-refractivity contribution in [2.75, 3.05) is 6.54 Å². The number of rotatable bonds is 8. The number of carbonyl (C=O) groups excluding carboxylic acids is 5. The van der Waals surface area contributed by atoms with Crippen LogP contribution < -0.4 is 11.1 Å². The summed E-state index contributed by atoms with van der Waals surface area (Å²) in [6.45, 7) is 9.17. The van der Waals surface area contributed by atoms with E-state index >= 15 is 0 Å². The number of fused-ring (bicyclic) bond motifs is 3. The van der Waals surface area contributed by atoms with Crippen molar-refractivity contribution in [3.63, 3.8) is 0 Å². The van der Waals surface area contributed by atoms with Crippen LogP contribution in [0.1, 0.15) is 67.6 Å². The van der Waals surface area contributed by atoms with E-state index in [1.807, 2.05) is 6.92 Å². The minimum atomic E-state index is -2.70. The molecule has 0 aliphatic heterocycles. The fraction of sp³-hybridized carbons (Fsp3) is 0.500. The second-order valence-corrected chi connectivity index (χ2v) is 12.7.